The SMILES string of the molecule is O=C1CNC(c2nc(CCC(F)(F)F)no2)CN1. The molecule has 2 heterocycles. The van der Waals surface area contributed by atoms with Gasteiger partial charge in [0, 0.05) is 13.0 Å². The lowest BCUT2D eigenvalue weighted by Gasteiger charge is -2.20. The van der Waals surface area contributed by atoms with Crippen molar-refractivity contribution in [3.63, 3.8) is 0 Å². The van der Waals surface area contributed by atoms with Gasteiger partial charge < -0.3 is 9.84 Å². The van der Waals surface area contributed by atoms with Crippen LogP contribution in [-0.2, 0) is 11.2 Å². The van der Waals surface area contributed by atoms with Gasteiger partial charge >= 0.3 is 6.18 Å². The van der Waals surface area contributed by atoms with Crippen LogP contribution in [0, 0.1) is 0 Å². The Hall–Kier alpha value is -1.64. The molecule has 6 nitrogen and oxygen atoms in total. The molecule has 1 aliphatic rings. The van der Waals surface area contributed by atoms with Gasteiger partial charge in [-0.1, -0.05) is 5.16 Å². The van der Waals surface area contributed by atoms with Crippen LogP contribution in [0.1, 0.15) is 24.2 Å². The van der Waals surface area contributed by atoms with Gasteiger partial charge in [0.05, 0.1) is 13.0 Å². The zero-order valence-electron chi connectivity index (χ0n) is 9.25. The number of carbonyl (C=O) groups excluding carboxylic acids is 1. The van der Waals surface area contributed by atoms with E-state index in [0.717, 1.165) is 0 Å². The van der Waals surface area contributed by atoms with Crippen LogP contribution in [0.15, 0.2) is 4.52 Å². The van der Waals surface area contributed by atoms with Crippen molar-refractivity contribution in [3.8, 4) is 0 Å². The van der Waals surface area contributed by atoms with E-state index < -0.39 is 12.6 Å². The molecule has 1 fully saturated rings. The van der Waals surface area contributed by atoms with Crippen LogP contribution in [0.25, 0.3) is 0 Å². The molecular weight excluding hydrogens is 253 g/mol. The summed E-state index contributed by atoms with van der Waals surface area (Å²) in [5, 5.41) is 8.90. The van der Waals surface area contributed by atoms with E-state index in [4.69, 9.17) is 4.52 Å². The summed E-state index contributed by atoms with van der Waals surface area (Å²) < 4.78 is 40.9. The maximum absolute atomic E-state index is 12.0. The standard InChI is InChI=1S/C9H11F3N4O2/c10-9(11,12)2-1-6-15-8(18-16-6)5-3-14-7(17)4-13-5/h5,13H,1-4H2,(H,14,17). The second-order valence-electron chi connectivity index (χ2n) is 3.90. The number of hydrogen-bond acceptors (Lipinski definition) is 5. The van der Waals surface area contributed by atoms with Gasteiger partial charge in [-0.2, -0.15) is 18.2 Å². The fourth-order valence-electron chi connectivity index (χ4n) is 1.51. The largest absolute Gasteiger partial charge is 0.389 e. The summed E-state index contributed by atoms with van der Waals surface area (Å²) >= 11 is 0. The highest BCUT2D eigenvalue weighted by atomic mass is 19.4. The van der Waals surface area contributed by atoms with Crippen LogP contribution in [0.3, 0.4) is 0 Å². The topological polar surface area (TPSA) is 80.1 Å². The molecule has 2 N–H and O–H groups in total. The minimum absolute atomic E-state index is 0.0148. The first kappa shape index (κ1) is 12.8. The molecule has 0 aromatic carbocycles. The molecule has 18 heavy (non-hydrogen) atoms. The number of nitrogens with zero attached hydrogens (tertiary/aromatic N) is 2. The second kappa shape index (κ2) is 4.92. The van der Waals surface area contributed by atoms with E-state index in [-0.39, 0.29) is 43.2 Å². The molecule has 0 radical (unpaired) electrons. The van der Waals surface area contributed by atoms with Gasteiger partial charge in [-0.25, -0.2) is 0 Å². The molecule has 9 heteroatoms. The number of rotatable bonds is 3. The molecule has 0 saturated carbocycles. The molecule has 0 aliphatic carbocycles. The lowest BCUT2D eigenvalue weighted by atomic mass is 10.2. The number of hydrogen-bond donors (Lipinski definition) is 2. The average molecular weight is 264 g/mol. The van der Waals surface area contributed by atoms with Crippen molar-refractivity contribution >= 4 is 5.91 Å². The fraction of sp³-hybridized carbons (Fsp3) is 0.667. The summed E-state index contributed by atoms with van der Waals surface area (Å²) in [5.41, 5.74) is 0. The molecule has 1 saturated heterocycles. The summed E-state index contributed by atoms with van der Waals surface area (Å²) in [6, 6.07) is -0.352. The van der Waals surface area contributed by atoms with Gasteiger partial charge in [0.1, 0.15) is 6.04 Å². The predicted molar refractivity (Wildman–Crippen MR) is 52.4 cm³/mol. The zero-order chi connectivity index (χ0) is 13.2. The molecule has 2 rings (SSSR count). The Balaban J connectivity index is 1.91. The van der Waals surface area contributed by atoms with E-state index >= 15 is 0 Å². The van der Waals surface area contributed by atoms with Crippen LogP contribution >= 0.6 is 0 Å². The highest BCUT2D eigenvalue weighted by Crippen LogP contribution is 2.21. The Kier molecular flexibility index (Phi) is 3.50. The van der Waals surface area contributed by atoms with Crippen LogP contribution < -0.4 is 10.6 Å². The Morgan fingerprint density at radius 2 is 2.22 bits per heavy atom. The molecular formula is C9H11F3N4O2. The third-order valence-electron chi connectivity index (χ3n) is 2.43. The van der Waals surface area contributed by atoms with E-state index in [0.29, 0.717) is 0 Å². The monoisotopic (exact) mass is 264 g/mol. The number of amides is 1. The minimum atomic E-state index is -4.24. The second-order valence-corrected chi connectivity index (χ2v) is 3.90. The molecule has 1 aliphatic heterocycles. The Morgan fingerprint density at radius 1 is 1.44 bits per heavy atom. The smallest absolute Gasteiger partial charge is 0.353 e. The fourth-order valence-corrected chi connectivity index (χ4v) is 1.51. The van der Waals surface area contributed by atoms with Gasteiger partial charge in [-0.05, 0) is 0 Å². The van der Waals surface area contributed by atoms with Crippen molar-refractivity contribution in [2.45, 2.75) is 25.1 Å². The lowest BCUT2D eigenvalue weighted by molar-refractivity contribution is -0.134. The first-order valence-corrected chi connectivity index (χ1v) is 5.33. The van der Waals surface area contributed by atoms with Crippen molar-refractivity contribution in [2.75, 3.05) is 13.1 Å². The van der Waals surface area contributed by atoms with Gasteiger partial charge in [0.15, 0.2) is 5.82 Å². The van der Waals surface area contributed by atoms with E-state index in [1.807, 2.05) is 0 Å². The summed E-state index contributed by atoms with van der Waals surface area (Å²) in [6.45, 7) is 0.394. The first-order valence-electron chi connectivity index (χ1n) is 5.33. The number of halogens is 3. The zero-order valence-corrected chi connectivity index (χ0v) is 9.25. The molecule has 1 atom stereocenters. The molecule has 0 bridgehead atoms. The highest BCUT2D eigenvalue weighted by molar-refractivity contribution is 5.78. The highest BCUT2D eigenvalue weighted by Gasteiger charge is 2.29. The van der Waals surface area contributed by atoms with Gasteiger partial charge in [-0.15, -0.1) is 0 Å². The number of piperazine rings is 1. The van der Waals surface area contributed by atoms with Crippen molar-refractivity contribution in [1.82, 2.24) is 20.8 Å². The summed E-state index contributed by atoms with van der Waals surface area (Å²) in [6.07, 6.45) is -5.54. The lowest BCUT2D eigenvalue weighted by Crippen LogP contribution is -2.47. The number of aromatic nitrogens is 2. The van der Waals surface area contributed by atoms with Crippen LogP contribution in [0.2, 0.25) is 0 Å². The van der Waals surface area contributed by atoms with E-state index in [9.17, 15) is 18.0 Å². The molecule has 1 amide bonds. The molecule has 1 unspecified atom stereocenters. The number of nitrogens with one attached hydrogen (secondary N) is 2. The number of carbonyl (C=O) groups is 1. The predicted octanol–water partition coefficient (Wildman–Crippen LogP) is 0.325. The minimum Gasteiger partial charge on any atom is -0.353 e. The molecule has 0 spiro atoms. The quantitative estimate of drug-likeness (QED) is 0.822. The molecule has 1 aromatic heterocycles. The molecule has 1 aromatic rings. The van der Waals surface area contributed by atoms with E-state index in [1.54, 1.807) is 0 Å². The Labute approximate surface area is 99.9 Å². The normalized spacial score (nSPS) is 20.8. The van der Waals surface area contributed by atoms with Crippen LogP contribution in [0.4, 0.5) is 13.2 Å². The Morgan fingerprint density at radius 3 is 2.83 bits per heavy atom. The summed E-state index contributed by atoms with van der Waals surface area (Å²) in [7, 11) is 0. The molecule has 100 valence electrons. The number of alkyl halides is 3. The Bertz CT molecular complexity index is 422. The third-order valence-corrected chi connectivity index (χ3v) is 2.43. The van der Waals surface area contributed by atoms with Crippen molar-refractivity contribution in [3.05, 3.63) is 11.7 Å². The maximum Gasteiger partial charge on any atom is 0.389 e. The van der Waals surface area contributed by atoms with E-state index in [2.05, 4.69) is 20.8 Å². The first-order chi connectivity index (χ1) is 8.44. The maximum atomic E-state index is 12.0. The summed E-state index contributed by atoms with van der Waals surface area (Å²) in [5.74, 6) is 0.0521. The van der Waals surface area contributed by atoms with Crippen molar-refractivity contribution in [2.24, 2.45) is 0 Å². The summed E-state index contributed by atoms with van der Waals surface area (Å²) in [4.78, 5) is 14.8. The van der Waals surface area contributed by atoms with Crippen molar-refractivity contribution < 1.29 is 22.5 Å². The van der Waals surface area contributed by atoms with Crippen LogP contribution in [0.5, 0.6) is 0 Å². The average Bonchev–Trinajstić information content (AvgIpc) is 2.75. The van der Waals surface area contributed by atoms with Crippen molar-refractivity contribution in [1.29, 1.82) is 0 Å². The van der Waals surface area contributed by atoms with E-state index in [1.165, 1.54) is 0 Å². The number of aryl methyl sites for hydroxylation is 1. The van der Waals surface area contributed by atoms with Gasteiger partial charge in [0.25, 0.3) is 0 Å². The third kappa shape index (κ3) is 3.42. The van der Waals surface area contributed by atoms with Gasteiger partial charge in [0.2, 0.25) is 11.8 Å². The van der Waals surface area contributed by atoms with Crippen LogP contribution in [-0.4, -0.2) is 35.3 Å². The van der Waals surface area contributed by atoms with Gasteiger partial charge in [-0.3, -0.25) is 10.1 Å².